The summed E-state index contributed by atoms with van der Waals surface area (Å²) in [6.45, 7) is 0. The first kappa shape index (κ1) is 12.0. The Bertz CT molecular complexity index is 571. The molecule has 1 aliphatic rings. The Morgan fingerprint density at radius 1 is 1.11 bits per heavy atom. The van der Waals surface area contributed by atoms with Crippen molar-refractivity contribution in [1.29, 1.82) is 0 Å². The topological polar surface area (TPSA) is 26.0 Å². The highest BCUT2D eigenvalue weighted by molar-refractivity contribution is 14.1. The van der Waals surface area contributed by atoms with E-state index >= 15 is 0 Å². The van der Waals surface area contributed by atoms with Crippen molar-refractivity contribution in [3.63, 3.8) is 0 Å². The van der Waals surface area contributed by atoms with Crippen molar-refractivity contribution in [2.24, 2.45) is 0 Å². The summed E-state index contributed by atoms with van der Waals surface area (Å²) in [7, 11) is 0. The molecule has 3 heteroatoms. The Morgan fingerprint density at radius 3 is 2.67 bits per heavy atom. The van der Waals surface area contributed by atoms with E-state index in [1.807, 2.05) is 18.2 Å². The van der Waals surface area contributed by atoms with Crippen LogP contribution in [0.25, 0.3) is 16.8 Å². The summed E-state index contributed by atoms with van der Waals surface area (Å²) in [4.78, 5) is 0. The van der Waals surface area contributed by atoms with Crippen LogP contribution in [0.15, 0.2) is 40.9 Å². The van der Waals surface area contributed by atoms with Crippen LogP contribution in [0.2, 0.25) is 0 Å². The molecule has 2 nitrogen and oxygen atoms in total. The number of hydrogen-bond acceptors (Lipinski definition) is 2. The molecule has 0 spiro atoms. The molecule has 1 aromatic carbocycles. The second-order valence-electron chi connectivity index (χ2n) is 4.52. The first-order chi connectivity index (χ1) is 8.86. The van der Waals surface area contributed by atoms with Crippen molar-refractivity contribution in [3.8, 4) is 11.3 Å². The van der Waals surface area contributed by atoms with Crippen LogP contribution in [0.5, 0.6) is 0 Å². The predicted molar refractivity (Wildman–Crippen MR) is 81.1 cm³/mol. The van der Waals surface area contributed by atoms with E-state index in [0.29, 0.717) is 0 Å². The van der Waals surface area contributed by atoms with Gasteiger partial charge in [0.25, 0.3) is 0 Å². The van der Waals surface area contributed by atoms with Crippen LogP contribution in [0.3, 0.4) is 0 Å². The molecule has 0 bridgehead atoms. The Kier molecular flexibility index (Phi) is 3.50. The SMILES string of the molecule is Ic1c(-c2ccccc2)noc1C1=CCCCC1. The maximum absolute atomic E-state index is 5.56. The van der Waals surface area contributed by atoms with Crippen molar-refractivity contribution >= 4 is 28.2 Å². The van der Waals surface area contributed by atoms with Gasteiger partial charge in [0.05, 0.1) is 3.57 Å². The fourth-order valence-corrected chi connectivity index (χ4v) is 3.15. The molecule has 0 radical (unpaired) electrons. The summed E-state index contributed by atoms with van der Waals surface area (Å²) in [6.07, 6.45) is 7.11. The summed E-state index contributed by atoms with van der Waals surface area (Å²) in [5.74, 6) is 0.967. The van der Waals surface area contributed by atoms with E-state index in [0.717, 1.165) is 33.4 Å². The first-order valence-electron chi connectivity index (χ1n) is 6.26. The van der Waals surface area contributed by atoms with Crippen LogP contribution in [0.1, 0.15) is 31.4 Å². The molecule has 92 valence electrons. The van der Waals surface area contributed by atoms with Crippen LogP contribution >= 0.6 is 22.6 Å². The molecule has 1 aliphatic carbocycles. The highest BCUT2D eigenvalue weighted by atomic mass is 127. The standard InChI is InChI=1S/C15H14INO/c16-13-14(11-7-3-1-4-8-11)17-18-15(13)12-9-5-2-6-10-12/h1,3-4,7-9H,2,5-6,10H2. The molecule has 0 amide bonds. The molecule has 3 rings (SSSR count). The lowest BCUT2D eigenvalue weighted by Gasteiger charge is -2.09. The summed E-state index contributed by atoms with van der Waals surface area (Å²) in [5.41, 5.74) is 3.39. The van der Waals surface area contributed by atoms with Gasteiger partial charge in [-0.2, -0.15) is 0 Å². The van der Waals surface area contributed by atoms with E-state index in [9.17, 15) is 0 Å². The number of aromatic nitrogens is 1. The number of hydrogen-bond donors (Lipinski definition) is 0. The number of allylic oxidation sites excluding steroid dienone is 2. The van der Waals surface area contributed by atoms with Crippen LogP contribution < -0.4 is 0 Å². The molecular weight excluding hydrogens is 337 g/mol. The van der Waals surface area contributed by atoms with Gasteiger partial charge in [0.2, 0.25) is 0 Å². The fraction of sp³-hybridized carbons (Fsp3) is 0.267. The van der Waals surface area contributed by atoms with Crippen molar-refractivity contribution < 1.29 is 4.52 Å². The van der Waals surface area contributed by atoms with Crippen molar-refractivity contribution in [2.75, 3.05) is 0 Å². The fourth-order valence-electron chi connectivity index (χ4n) is 2.30. The third-order valence-electron chi connectivity index (χ3n) is 3.27. The van der Waals surface area contributed by atoms with E-state index in [1.54, 1.807) is 0 Å². The van der Waals surface area contributed by atoms with Gasteiger partial charge in [-0.1, -0.05) is 41.6 Å². The monoisotopic (exact) mass is 351 g/mol. The Hall–Kier alpha value is -1.10. The van der Waals surface area contributed by atoms with Crippen molar-refractivity contribution in [3.05, 3.63) is 45.7 Å². The lowest BCUT2D eigenvalue weighted by molar-refractivity contribution is 0.409. The zero-order valence-corrected chi connectivity index (χ0v) is 12.2. The van der Waals surface area contributed by atoms with E-state index in [4.69, 9.17) is 4.52 Å². The van der Waals surface area contributed by atoms with Gasteiger partial charge in [-0.05, 0) is 53.8 Å². The van der Waals surface area contributed by atoms with Gasteiger partial charge >= 0.3 is 0 Å². The minimum Gasteiger partial charge on any atom is -0.355 e. The van der Waals surface area contributed by atoms with Gasteiger partial charge in [-0.25, -0.2) is 0 Å². The minimum absolute atomic E-state index is 0.956. The van der Waals surface area contributed by atoms with Gasteiger partial charge in [-0.15, -0.1) is 0 Å². The molecule has 0 atom stereocenters. The number of halogens is 1. The van der Waals surface area contributed by atoms with Crippen molar-refractivity contribution in [1.82, 2.24) is 5.16 Å². The minimum atomic E-state index is 0.956. The Labute approximate surface area is 120 Å². The third-order valence-corrected chi connectivity index (χ3v) is 4.27. The smallest absolute Gasteiger partial charge is 0.176 e. The highest BCUT2D eigenvalue weighted by Gasteiger charge is 2.19. The van der Waals surface area contributed by atoms with E-state index in [1.165, 1.54) is 18.4 Å². The molecule has 2 aromatic rings. The molecular formula is C15H14INO. The summed E-state index contributed by atoms with van der Waals surface area (Å²) < 4.78 is 6.69. The number of nitrogens with zero attached hydrogens (tertiary/aromatic N) is 1. The van der Waals surface area contributed by atoms with Crippen LogP contribution in [0, 0.1) is 3.57 Å². The second-order valence-corrected chi connectivity index (χ2v) is 5.59. The van der Waals surface area contributed by atoms with Gasteiger partial charge in [0, 0.05) is 5.56 Å². The van der Waals surface area contributed by atoms with Gasteiger partial charge in [-0.3, -0.25) is 0 Å². The average molecular weight is 351 g/mol. The zero-order chi connectivity index (χ0) is 12.4. The molecule has 0 N–H and O–H groups in total. The number of benzene rings is 1. The maximum Gasteiger partial charge on any atom is 0.176 e. The second kappa shape index (κ2) is 5.26. The molecule has 0 unspecified atom stereocenters. The van der Waals surface area contributed by atoms with Crippen LogP contribution in [-0.2, 0) is 0 Å². The Morgan fingerprint density at radius 2 is 1.94 bits per heavy atom. The number of rotatable bonds is 2. The summed E-state index contributed by atoms with van der Waals surface area (Å²) in [6, 6.07) is 10.2. The van der Waals surface area contributed by atoms with E-state index in [2.05, 4.69) is 46.0 Å². The largest absolute Gasteiger partial charge is 0.355 e. The normalized spacial score (nSPS) is 15.5. The van der Waals surface area contributed by atoms with Gasteiger partial charge < -0.3 is 4.52 Å². The maximum atomic E-state index is 5.56. The quantitative estimate of drug-likeness (QED) is 0.719. The van der Waals surface area contributed by atoms with Crippen LogP contribution in [-0.4, -0.2) is 5.16 Å². The van der Waals surface area contributed by atoms with E-state index < -0.39 is 0 Å². The van der Waals surface area contributed by atoms with E-state index in [-0.39, 0.29) is 0 Å². The average Bonchev–Trinajstić information content (AvgIpc) is 2.83. The highest BCUT2D eigenvalue weighted by Crippen LogP contribution is 2.34. The molecule has 18 heavy (non-hydrogen) atoms. The summed E-state index contributed by atoms with van der Waals surface area (Å²) >= 11 is 2.34. The van der Waals surface area contributed by atoms with Crippen LogP contribution in [0.4, 0.5) is 0 Å². The molecule has 1 aromatic heterocycles. The molecule has 0 aliphatic heterocycles. The Balaban J connectivity index is 2.00. The molecule has 0 saturated heterocycles. The molecule has 0 fully saturated rings. The first-order valence-corrected chi connectivity index (χ1v) is 7.34. The van der Waals surface area contributed by atoms with Gasteiger partial charge in [0.1, 0.15) is 5.69 Å². The lowest BCUT2D eigenvalue weighted by atomic mass is 9.97. The third kappa shape index (κ3) is 2.23. The summed E-state index contributed by atoms with van der Waals surface area (Å²) in [5, 5.41) is 4.24. The van der Waals surface area contributed by atoms with Gasteiger partial charge in [0.15, 0.2) is 5.76 Å². The van der Waals surface area contributed by atoms with Crippen molar-refractivity contribution in [2.45, 2.75) is 25.7 Å². The molecule has 1 heterocycles. The lowest BCUT2D eigenvalue weighted by Crippen LogP contribution is -1.92. The predicted octanol–water partition coefficient (Wildman–Crippen LogP) is 4.90. The molecule has 0 saturated carbocycles. The zero-order valence-electron chi connectivity index (χ0n) is 10.0.